The van der Waals surface area contributed by atoms with Crippen LogP contribution in [0.4, 0.5) is 0 Å². The van der Waals surface area contributed by atoms with Gasteiger partial charge >= 0.3 is 0 Å². The smallest absolute Gasteiger partial charge is 0.174 e. The van der Waals surface area contributed by atoms with Crippen molar-refractivity contribution in [2.24, 2.45) is 0 Å². The monoisotopic (exact) mass is 274 g/mol. The number of carbonyl (C=O) groups is 1. The van der Waals surface area contributed by atoms with Gasteiger partial charge in [-0.15, -0.1) is 0 Å². The van der Waals surface area contributed by atoms with Gasteiger partial charge in [0, 0.05) is 5.02 Å². The normalized spacial score (nSPS) is 17.7. The van der Waals surface area contributed by atoms with Crippen LogP contribution in [0.5, 0.6) is 11.5 Å². The number of aromatic hydroxyl groups is 1. The second kappa shape index (κ2) is 4.59. The molecule has 96 valence electrons. The van der Waals surface area contributed by atoms with E-state index in [0.29, 0.717) is 10.8 Å². The van der Waals surface area contributed by atoms with E-state index >= 15 is 0 Å². The van der Waals surface area contributed by atoms with Crippen LogP contribution >= 0.6 is 11.6 Å². The molecule has 0 aromatic heterocycles. The molecule has 19 heavy (non-hydrogen) atoms. The van der Waals surface area contributed by atoms with E-state index in [1.54, 1.807) is 24.3 Å². The summed E-state index contributed by atoms with van der Waals surface area (Å²) >= 11 is 5.84. The number of rotatable bonds is 1. The van der Waals surface area contributed by atoms with E-state index in [0.717, 1.165) is 5.56 Å². The van der Waals surface area contributed by atoms with Crippen LogP contribution in [0.2, 0.25) is 5.02 Å². The minimum atomic E-state index is -0.334. The molecule has 0 spiro atoms. The summed E-state index contributed by atoms with van der Waals surface area (Å²) in [5.41, 5.74) is 1.17. The molecule has 0 amide bonds. The largest absolute Gasteiger partial charge is 0.507 e. The number of hydrogen-bond acceptors (Lipinski definition) is 3. The summed E-state index contributed by atoms with van der Waals surface area (Å²) in [6.45, 7) is 0. The minimum Gasteiger partial charge on any atom is -0.507 e. The Bertz CT molecular complexity index is 634. The van der Waals surface area contributed by atoms with Crippen molar-refractivity contribution in [3.05, 3.63) is 58.6 Å². The molecule has 1 N–H and O–H groups in total. The van der Waals surface area contributed by atoms with Crippen molar-refractivity contribution in [2.45, 2.75) is 12.5 Å². The first-order chi connectivity index (χ1) is 9.15. The summed E-state index contributed by atoms with van der Waals surface area (Å²) in [6, 6.07) is 12.1. The van der Waals surface area contributed by atoms with Gasteiger partial charge in [0.25, 0.3) is 0 Å². The number of fused-ring (bicyclic) bond motifs is 1. The molecule has 0 aliphatic carbocycles. The maximum atomic E-state index is 12.1. The molecule has 2 aromatic carbocycles. The molecule has 0 saturated heterocycles. The Hall–Kier alpha value is -2.00. The lowest BCUT2D eigenvalue weighted by molar-refractivity contribution is 0.0845. The van der Waals surface area contributed by atoms with Crippen molar-refractivity contribution in [3.63, 3.8) is 0 Å². The van der Waals surface area contributed by atoms with Gasteiger partial charge in [-0.25, -0.2) is 0 Å². The van der Waals surface area contributed by atoms with Crippen LogP contribution in [-0.2, 0) is 0 Å². The predicted octanol–water partition coefficient (Wildman–Crippen LogP) is 3.75. The third-order valence-corrected chi connectivity index (χ3v) is 3.42. The molecule has 0 fully saturated rings. The SMILES string of the molecule is O=C1CC(c2ccc(Cl)cc2)Oc2cccc(O)c21. The Morgan fingerprint density at radius 1 is 1.16 bits per heavy atom. The number of benzene rings is 2. The molecule has 0 bridgehead atoms. The Balaban J connectivity index is 1.97. The van der Waals surface area contributed by atoms with E-state index in [-0.39, 0.29) is 29.6 Å². The average Bonchev–Trinajstić information content (AvgIpc) is 2.39. The molecule has 1 heterocycles. The average molecular weight is 275 g/mol. The topological polar surface area (TPSA) is 46.5 Å². The van der Waals surface area contributed by atoms with Crippen molar-refractivity contribution in [2.75, 3.05) is 0 Å². The first-order valence-corrected chi connectivity index (χ1v) is 6.30. The fraction of sp³-hybridized carbons (Fsp3) is 0.133. The number of carbonyl (C=O) groups excluding carboxylic acids is 1. The highest BCUT2D eigenvalue weighted by Gasteiger charge is 2.29. The molecule has 1 unspecified atom stereocenters. The van der Waals surface area contributed by atoms with Crippen molar-refractivity contribution in [1.29, 1.82) is 0 Å². The number of ketones is 1. The molecule has 1 aliphatic rings. The van der Waals surface area contributed by atoms with Crippen LogP contribution in [0.3, 0.4) is 0 Å². The molecular formula is C15H11ClO3. The molecule has 0 saturated carbocycles. The molecule has 3 rings (SSSR count). The van der Waals surface area contributed by atoms with E-state index in [1.807, 2.05) is 12.1 Å². The van der Waals surface area contributed by atoms with Gasteiger partial charge in [-0.2, -0.15) is 0 Å². The van der Waals surface area contributed by atoms with Crippen molar-refractivity contribution >= 4 is 17.4 Å². The van der Waals surface area contributed by atoms with E-state index in [4.69, 9.17) is 16.3 Å². The molecule has 1 atom stereocenters. The lowest BCUT2D eigenvalue weighted by atomic mass is 9.96. The summed E-state index contributed by atoms with van der Waals surface area (Å²) in [5.74, 6) is 0.285. The Labute approximate surface area is 115 Å². The lowest BCUT2D eigenvalue weighted by Crippen LogP contribution is -2.20. The van der Waals surface area contributed by atoms with E-state index < -0.39 is 0 Å². The highest BCUT2D eigenvalue weighted by atomic mass is 35.5. The van der Waals surface area contributed by atoms with Crippen LogP contribution in [0, 0.1) is 0 Å². The van der Waals surface area contributed by atoms with Gasteiger partial charge in [-0.3, -0.25) is 4.79 Å². The van der Waals surface area contributed by atoms with Crippen molar-refractivity contribution in [3.8, 4) is 11.5 Å². The first kappa shape index (κ1) is 12.1. The van der Waals surface area contributed by atoms with Gasteiger partial charge < -0.3 is 9.84 Å². The van der Waals surface area contributed by atoms with Gasteiger partial charge in [0.1, 0.15) is 23.2 Å². The standard InChI is InChI=1S/C15H11ClO3/c16-10-6-4-9(5-7-10)14-8-12(18)15-11(17)2-1-3-13(15)19-14/h1-7,14,17H,8H2. The minimum absolute atomic E-state index is 0.0305. The maximum absolute atomic E-state index is 12.1. The maximum Gasteiger partial charge on any atom is 0.174 e. The Morgan fingerprint density at radius 2 is 1.89 bits per heavy atom. The van der Waals surface area contributed by atoms with Crippen LogP contribution in [0.1, 0.15) is 28.4 Å². The Morgan fingerprint density at radius 3 is 2.63 bits per heavy atom. The zero-order valence-corrected chi connectivity index (χ0v) is 10.7. The molecule has 2 aromatic rings. The van der Waals surface area contributed by atoms with Crippen LogP contribution < -0.4 is 4.74 Å². The second-order valence-electron chi connectivity index (χ2n) is 4.44. The number of ether oxygens (including phenoxy) is 1. The van der Waals surface area contributed by atoms with E-state index in [9.17, 15) is 9.90 Å². The molecule has 3 nitrogen and oxygen atoms in total. The van der Waals surface area contributed by atoms with Gasteiger partial charge in [0.2, 0.25) is 0 Å². The van der Waals surface area contributed by atoms with Gasteiger partial charge in [-0.1, -0.05) is 29.8 Å². The summed E-state index contributed by atoms with van der Waals surface area (Å²) in [7, 11) is 0. The predicted molar refractivity (Wildman–Crippen MR) is 71.9 cm³/mol. The molecule has 1 aliphatic heterocycles. The zero-order valence-electron chi connectivity index (χ0n) is 9.97. The number of phenols is 1. The quantitative estimate of drug-likeness (QED) is 0.861. The van der Waals surface area contributed by atoms with Crippen LogP contribution in [0.25, 0.3) is 0 Å². The molecule has 4 heteroatoms. The summed E-state index contributed by atoms with van der Waals surface area (Å²) in [5, 5.41) is 10.3. The third-order valence-electron chi connectivity index (χ3n) is 3.16. The summed E-state index contributed by atoms with van der Waals surface area (Å²) < 4.78 is 5.79. The third kappa shape index (κ3) is 2.17. The number of hydrogen-bond donors (Lipinski definition) is 1. The zero-order chi connectivity index (χ0) is 13.4. The van der Waals surface area contributed by atoms with Gasteiger partial charge in [-0.05, 0) is 29.8 Å². The van der Waals surface area contributed by atoms with E-state index in [1.165, 1.54) is 6.07 Å². The highest BCUT2D eigenvalue weighted by Crippen LogP contribution is 2.38. The summed E-state index contributed by atoms with van der Waals surface area (Å²) in [6.07, 6.45) is -0.120. The van der Waals surface area contributed by atoms with Crippen molar-refractivity contribution in [1.82, 2.24) is 0 Å². The second-order valence-corrected chi connectivity index (χ2v) is 4.87. The summed E-state index contributed by atoms with van der Waals surface area (Å²) in [4.78, 5) is 12.1. The lowest BCUT2D eigenvalue weighted by Gasteiger charge is -2.25. The van der Waals surface area contributed by atoms with Crippen molar-refractivity contribution < 1.29 is 14.6 Å². The van der Waals surface area contributed by atoms with Gasteiger partial charge in [0.05, 0.1) is 6.42 Å². The first-order valence-electron chi connectivity index (χ1n) is 5.92. The Kier molecular flexibility index (Phi) is 2.91. The fourth-order valence-corrected chi connectivity index (χ4v) is 2.35. The number of phenolic OH excluding ortho intramolecular Hbond substituents is 1. The number of halogens is 1. The van der Waals surface area contributed by atoms with Gasteiger partial charge in [0.15, 0.2) is 5.78 Å². The highest BCUT2D eigenvalue weighted by molar-refractivity contribution is 6.30. The molecule has 0 radical (unpaired) electrons. The fourth-order valence-electron chi connectivity index (χ4n) is 2.23. The van der Waals surface area contributed by atoms with Crippen LogP contribution in [0.15, 0.2) is 42.5 Å². The number of Topliss-reactive ketones (excluding diaryl/α,β-unsaturated/α-hetero) is 1. The van der Waals surface area contributed by atoms with Crippen LogP contribution in [-0.4, -0.2) is 10.9 Å². The van der Waals surface area contributed by atoms with E-state index in [2.05, 4.69) is 0 Å². The molecular weight excluding hydrogens is 264 g/mol.